The molecule has 0 aliphatic carbocycles. The highest BCUT2D eigenvalue weighted by molar-refractivity contribution is 8.00. The molecule has 0 fully saturated rings. The van der Waals surface area contributed by atoms with Crippen LogP contribution in [0, 0.1) is 13.8 Å². The lowest BCUT2D eigenvalue weighted by Crippen LogP contribution is -2.28. The third-order valence-corrected chi connectivity index (χ3v) is 5.76. The largest absolute Gasteiger partial charge is 0.369 e. The molecule has 2 aromatic carbocycles. The smallest absolute Gasteiger partial charge is 0.266 e. The van der Waals surface area contributed by atoms with Gasteiger partial charge >= 0.3 is 0 Å². The Labute approximate surface area is 156 Å². The molecule has 0 radical (unpaired) electrons. The Bertz CT molecular complexity index is 1040. The second-order valence-electron chi connectivity index (χ2n) is 6.24. The molecular formula is C20H21N3O2S. The molecule has 3 rings (SSSR count). The number of aryl methyl sites for hydroxylation is 2. The molecule has 6 heteroatoms. The fourth-order valence-corrected chi connectivity index (χ4v) is 3.74. The van der Waals surface area contributed by atoms with Crippen molar-refractivity contribution in [3.05, 3.63) is 63.9 Å². The molecule has 134 valence electrons. The zero-order valence-corrected chi connectivity index (χ0v) is 15.8. The van der Waals surface area contributed by atoms with Crippen LogP contribution in [0.2, 0.25) is 0 Å². The lowest BCUT2D eigenvalue weighted by atomic mass is 10.1. The molecule has 1 aromatic heterocycles. The highest BCUT2D eigenvalue weighted by Gasteiger charge is 2.20. The number of nitrogens with two attached hydrogens (primary N) is 1. The third-order valence-electron chi connectivity index (χ3n) is 4.43. The van der Waals surface area contributed by atoms with Crippen LogP contribution in [0.1, 0.15) is 24.5 Å². The van der Waals surface area contributed by atoms with Crippen LogP contribution in [-0.4, -0.2) is 20.7 Å². The minimum absolute atomic E-state index is 0.152. The van der Waals surface area contributed by atoms with Gasteiger partial charge in [-0.25, -0.2) is 4.98 Å². The molecule has 1 unspecified atom stereocenters. The second-order valence-corrected chi connectivity index (χ2v) is 7.41. The monoisotopic (exact) mass is 367 g/mol. The van der Waals surface area contributed by atoms with Gasteiger partial charge in [0.25, 0.3) is 5.56 Å². The molecule has 0 aliphatic rings. The van der Waals surface area contributed by atoms with Crippen molar-refractivity contribution in [1.29, 1.82) is 0 Å². The first-order valence-corrected chi connectivity index (χ1v) is 9.35. The van der Waals surface area contributed by atoms with Crippen molar-refractivity contribution in [1.82, 2.24) is 9.55 Å². The first-order chi connectivity index (χ1) is 12.4. The molecule has 26 heavy (non-hydrogen) atoms. The summed E-state index contributed by atoms with van der Waals surface area (Å²) in [6.45, 7) is 5.92. The van der Waals surface area contributed by atoms with E-state index >= 15 is 0 Å². The second kappa shape index (κ2) is 7.33. The molecule has 3 aromatic rings. The van der Waals surface area contributed by atoms with Gasteiger partial charge in [0, 0.05) is 0 Å². The average Bonchev–Trinajstić information content (AvgIpc) is 2.62. The SMILES string of the molecule is CCC(Sc1nc2ccccc2c(=O)n1-c1ccc(C)c(C)c1)C(N)=O. The van der Waals surface area contributed by atoms with Gasteiger partial charge in [0.15, 0.2) is 5.16 Å². The van der Waals surface area contributed by atoms with Crippen molar-refractivity contribution in [2.45, 2.75) is 37.6 Å². The molecule has 0 bridgehead atoms. The van der Waals surface area contributed by atoms with E-state index in [0.717, 1.165) is 16.8 Å². The number of para-hydroxylation sites is 1. The fourth-order valence-electron chi connectivity index (χ4n) is 2.75. The first kappa shape index (κ1) is 18.2. The maximum Gasteiger partial charge on any atom is 0.266 e. The van der Waals surface area contributed by atoms with Gasteiger partial charge < -0.3 is 5.73 Å². The topological polar surface area (TPSA) is 78.0 Å². The molecule has 1 atom stereocenters. The Kier molecular flexibility index (Phi) is 5.13. The van der Waals surface area contributed by atoms with Gasteiger partial charge in [-0.05, 0) is 55.7 Å². The van der Waals surface area contributed by atoms with Gasteiger partial charge in [0.2, 0.25) is 5.91 Å². The molecule has 0 spiro atoms. The predicted octanol–water partition coefficient (Wildman–Crippen LogP) is 3.36. The summed E-state index contributed by atoms with van der Waals surface area (Å²) in [5.74, 6) is -0.411. The Morgan fingerprint density at radius 3 is 2.58 bits per heavy atom. The zero-order valence-electron chi connectivity index (χ0n) is 15.0. The van der Waals surface area contributed by atoms with E-state index in [1.54, 1.807) is 16.7 Å². The molecule has 2 N–H and O–H groups in total. The van der Waals surface area contributed by atoms with Crippen molar-refractivity contribution in [2.24, 2.45) is 5.73 Å². The van der Waals surface area contributed by atoms with E-state index in [0.29, 0.717) is 22.5 Å². The van der Waals surface area contributed by atoms with E-state index in [2.05, 4.69) is 4.98 Å². The van der Waals surface area contributed by atoms with Gasteiger partial charge in [-0.3, -0.25) is 14.2 Å². The van der Waals surface area contributed by atoms with E-state index in [4.69, 9.17) is 5.73 Å². The van der Waals surface area contributed by atoms with Crippen LogP contribution in [0.3, 0.4) is 0 Å². The molecule has 5 nitrogen and oxygen atoms in total. The highest BCUT2D eigenvalue weighted by Crippen LogP contribution is 2.27. The van der Waals surface area contributed by atoms with Crippen LogP contribution < -0.4 is 11.3 Å². The predicted molar refractivity (Wildman–Crippen MR) is 106 cm³/mol. The summed E-state index contributed by atoms with van der Waals surface area (Å²) >= 11 is 1.23. The van der Waals surface area contributed by atoms with Gasteiger partial charge in [-0.2, -0.15) is 0 Å². The summed E-state index contributed by atoms with van der Waals surface area (Å²) in [7, 11) is 0. The number of hydrogen-bond donors (Lipinski definition) is 1. The summed E-state index contributed by atoms with van der Waals surface area (Å²) in [5.41, 5.74) is 8.93. The summed E-state index contributed by atoms with van der Waals surface area (Å²) in [4.78, 5) is 29.5. The minimum atomic E-state index is -0.444. The van der Waals surface area contributed by atoms with Gasteiger partial charge in [0.05, 0.1) is 21.8 Å². The van der Waals surface area contributed by atoms with Crippen LogP contribution in [0.15, 0.2) is 52.4 Å². The third kappa shape index (κ3) is 3.37. The fraction of sp³-hybridized carbons (Fsp3) is 0.250. The minimum Gasteiger partial charge on any atom is -0.369 e. The lowest BCUT2D eigenvalue weighted by Gasteiger charge is -2.17. The van der Waals surface area contributed by atoms with Gasteiger partial charge in [-0.15, -0.1) is 0 Å². The van der Waals surface area contributed by atoms with Crippen LogP contribution in [-0.2, 0) is 4.79 Å². The quantitative estimate of drug-likeness (QED) is 0.554. The average molecular weight is 367 g/mol. The number of thioether (sulfide) groups is 1. The van der Waals surface area contributed by atoms with Crippen molar-refractivity contribution in [3.8, 4) is 5.69 Å². The summed E-state index contributed by atoms with van der Waals surface area (Å²) in [5, 5.41) is 0.575. The Hall–Kier alpha value is -2.60. The number of fused-ring (bicyclic) bond motifs is 1. The van der Waals surface area contributed by atoms with E-state index < -0.39 is 11.2 Å². The van der Waals surface area contributed by atoms with Crippen molar-refractivity contribution in [2.75, 3.05) is 0 Å². The zero-order chi connectivity index (χ0) is 18.8. The van der Waals surface area contributed by atoms with Crippen LogP contribution in [0.5, 0.6) is 0 Å². The summed E-state index contributed by atoms with van der Waals surface area (Å²) < 4.78 is 1.57. The van der Waals surface area contributed by atoms with Crippen LogP contribution in [0.4, 0.5) is 0 Å². The lowest BCUT2D eigenvalue weighted by molar-refractivity contribution is -0.117. The van der Waals surface area contributed by atoms with Crippen molar-refractivity contribution < 1.29 is 4.79 Å². The van der Waals surface area contributed by atoms with Crippen molar-refractivity contribution >= 4 is 28.6 Å². The number of primary amides is 1. The number of carbonyl (C=O) groups is 1. The van der Waals surface area contributed by atoms with Gasteiger partial charge in [-0.1, -0.05) is 36.9 Å². The maximum absolute atomic E-state index is 13.2. The van der Waals surface area contributed by atoms with E-state index in [-0.39, 0.29) is 5.56 Å². The summed E-state index contributed by atoms with van der Waals surface area (Å²) in [6, 6.07) is 13.1. The van der Waals surface area contributed by atoms with E-state index in [9.17, 15) is 9.59 Å². The summed E-state index contributed by atoms with van der Waals surface area (Å²) in [6.07, 6.45) is 0.565. The molecular weight excluding hydrogens is 346 g/mol. The highest BCUT2D eigenvalue weighted by atomic mass is 32.2. The Morgan fingerprint density at radius 1 is 1.19 bits per heavy atom. The number of benzene rings is 2. The van der Waals surface area contributed by atoms with E-state index in [1.165, 1.54) is 11.8 Å². The van der Waals surface area contributed by atoms with Crippen LogP contribution >= 0.6 is 11.8 Å². The Balaban J connectivity index is 2.28. The molecule has 1 heterocycles. The maximum atomic E-state index is 13.2. The van der Waals surface area contributed by atoms with Crippen LogP contribution in [0.25, 0.3) is 16.6 Å². The molecule has 0 saturated carbocycles. The number of nitrogens with zero attached hydrogens (tertiary/aromatic N) is 2. The number of carbonyl (C=O) groups excluding carboxylic acids is 1. The number of rotatable bonds is 5. The standard InChI is InChI=1S/C20H21N3O2S/c1-4-17(18(21)24)26-20-22-16-8-6-5-7-15(16)19(25)23(20)14-10-9-12(2)13(3)11-14/h5-11,17H,4H2,1-3H3,(H2,21,24). The normalized spacial score (nSPS) is 12.3. The molecule has 1 amide bonds. The molecule has 0 saturated heterocycles. The first-order valence-electron chi connectivity index (χ1n) is 8.47. The number of aromatic nitrogens is 2. The Morgan fingerprint density at radius 2 is 1.92 bits per heavy atom. The van der Waals surface area contributed by atoms with Crippen molar-refractivity contribution in [3.63, 3.8) is 0 Å². The van der Waals surface area contributed by atoms with E-state index in [1.807, 2.05) is 51.1 Å². The van der Waals surface area contributed by atoms with Gasteiger partial charge in [0.1, 0.15) is 0 Å². The number of hydrogen-bond acceptors (Lipinski definition) is 4. The number of amides is 1. The molecule has 0 aliphatic heterocycles.